The first-order chi connectivity index (χ1) is 21.5. The summed E-state index contributed by atoms with van der Waals surface area (Å²) >= 11 is 12.1. The Labute approximate surface area is 274 Å². The molecular formula is C32H40ClN5O6S. The van der Waals surface area contributed by atoms with Gasteiger partial charge in [-0.25, -0.2) is 4.79 Å². The summed E-state index contributed by atoms with van der Waals surface area (Å²) in [6.07, 6.45) is 5.50. The quantitative estimate of drug-likeness (QED) is 0.323. The summed E-state index contributed by atoms with van der Waals surface area (Å²) in [5.74, 6) is 0.896. The predicted molar refractivity (Wildman–Crippen MR) is 175 cm³/mol. The van der Waals surface area contributed by atoms with Gasteiger partial charge in [0, 0.05) is 42.5 Å². The fourth-order valence-corrected chi connectivity index (χ4v) is 6.41. The van der Waals surface area contributed by atoms with Crippen molar-refractivity contribution in [3.63, 3.8) is 0 Å². The zero-order valence-corrected chi connectivity index (χ0v) is 27.6. The molecule has 1 saturated carbocycles. The summed E-state index contributed by atoms with van der Waals surface area (Å²) in [7, 11) is 1.53. The summed E-state index contributed by atoms with van der Waals surface area (Å²) < 4.78 is 23.0. The van der Waals surface area contributed by atoms with Gasteiger partial charge in [-0.15, -0.1) is 0 Å². The first-order valence-corrected chi connectivity index (χ1v) is 15.9. The van der Waals surface area contributed by atoms with Crippen LogP contribution in [0.3, 0.4) is 0 Å². The zero-order valence-electron chi connectivity index (χ0n) is 26.0. The normalized spacial score (nSPS) is 21.5. The average molecular weight is 658 g/mol. The number of ether oxygens (including phenoxy) is 4. The number of para-hydroxylation sites is 1. The topological polar surface area (TPSA) is 123 Å². The maximum Gasteiger partial charge on any atom is 0.410 e. The van der Waals surface area contributed by atoms with Crippen LogP contribution in [-0.4, -0.2) is 78.0 Å². The SMILES string of the molecule is COc1c(Cl)cccc1NC(=S)C1=C(NCc2ccncc2OC[C@@H]2CN(C(=O)OC(C)(C)C)CCO2)[C@H]2CCC[C@H]2NC1=O. The minimum absolute atomic E-state index is 0.0387. The molecule has 3 aliphatic rings. The highest BCUT2D eigenvalue weighted by Crippen LogP contribution is 2.37. The van der Waals surface area contributed by atoms with Gasteiger partial charge in [-0.2, -0.15) is 0 Å². The lowest BCUT2D eigenvalue weighted by Gasteiger charge is -2.34. The molecule has 0 radical (unpaired) electrons. The summed E-state index contributed by atoms with van der Waals surface area (Å²) in [6.45, 7) is 7.36. The van der Waals surface area contributed by atoms with Gasteiger partial charge in [-0.05, 0) is 51.8 Å². The average Bonchev–Trinajstić information content (AvgIpc) is 3.46. The smallest absolute Gasteiger partial charge is 0.410 e. The third kappa shape index (κ3) is 7.98. The van der Waals surface area contributed by atoms with E-state index in [9.17, 15) is 9.59 Å². The van der Waals surface area contributed by atoms with Crippen LogP contribution in [-0.2, 0) is 20.8 Å². The van der Waals surface area contributed by atoms with Gasteiger partial charge in [-0.1, -0.05) is 36.3 Å². The third-order valence-electron chi connectivity index (χ3n) is 7.90. The molecule has 2 amide bonds. The molecule has 13 heteroatoms. The first-order valence-electron chi connectivity index (χ1n) is 15.1. The highest BCUT2D eigenvalue weighted by Gasteiger charge is 2.40. The van der Waals surface area contributed by atoms with Gasteiger partial charge in [0.2, 0.25) is 0 Å². The summed E-state index contributed by atoms with van der Waals surface area (Å²) in [5.41, 5.74) is 2.04. The largest absolute Gasteiger partial charge is 0.493 e. The molecule has 1 aromatic heterocycles. The van der Waals surface area contributed by atoms with Crippen LogP contribution in [0.15, 0.2) is 47.9 Å². The number of thiocarbonyl (C=S) groups is 1. The van der Waals surface area contributed by atoms with Crippen molar-refractivity contribution in [3.8, 4) is 11.5 Å². The van der Waals surface area contributed by atoms with Crippen LogP contribution in [0.5, 0.6) is 11.5 Å². The number of carbonyl (C=O) groups is 2. The lowest BCUT2D eigenvalue weighted by molar-refractivity contribution is -0.118. The molecule has 1 aromatic carbocycles. The molecule has 1 aliphatic carbocycles. The standard InChI is InChI=1S/C32H40ClN5O6S/c1-32(2,3)44-31(40)38-13-14-42-20(17-38)18-43-25-16-34-12-11-19(25)15-35-27-21-7-5-9-23(21)36-29(39)26(27)30(45)37-24-10-6-8-22(33)28(24)41-4/h6,8,10-12,16,20-21,23,35H,5,7,9,13-15,17-18H2,1-4H3,(H,36,39)(H,37,45)/t20-,21-,23+/m0/s1. The second-order valence-electron chi connectivity index (χ2n) is 12.2. The number of amides is 2. The number of nitrogens with zero attached hydrogens (tertiary/aromatic N) is 2. The Balaban J connectivity index is 1.30. The molecule has 0 bridgehead atoms. The number of morpholine rings is 1. The second-order valence-corrected chi connectivity index (χ2v) is 13.1. The van der Waals surface area contributed by atoms with E-state index in [2.05, 4.69) is 20.9 Å². The van der Waals surface area contributed by atoms with E-state index in [-0.39, 0.29) is 41.7 Å². The maximum absolute atomic E-state index is 13.4. The van der Waals surface area contributed by atoms with Crippen molar-refractivity contribution < 1.29 is 28.5 Å². The van der Waals surface area contributed by atoms with Gasteiger partial charge in [-0.3, -0.25) is 9.78 Å². The van der Waals surface area contributed by atoms with Crippen molar-refractivity contribution in [2.75, 3.05) is 38.7 Å². The number of rotatable bonds is 9. The van der Waals surface area contributed by atoms with E-state index in [1.54, 1.807) is 35.5 Å². The van der Waals surface area contributed by atoms with Crippen molar-refractivity contribution in [2.45, 2.75) is 64.3 Å². The number of benzene rings is 1. The van der Waals surface area contributed by atoms with Crippen LogP contribution >= 0.6 is 23.8 Å². The lowest BCUT2D eigenvalue weighted by atomic mass is 9.90. The Kier molecular flexibility index (Phi) is 10.4. The van der Waals surface area contributed by atoms with Gasteiger partial charge in [0.25, 0.3) is 5.91 Å². The van der Waals surface area contributed by atoms with Gasteiger partial charge >= 0.3 is 6.09 Å². The number of pyridine rings is 1. The molecule has 2 fully saturated rings. The van der Waals surface area contributed by atoms with E-state index in [1.165, 1.54) is 7.11 Å². The minimum atomic E-state index is -0.576. The maximum atomic E-state index is 13.4. The minimum Gasteiger partial charge on any atom is -0.493 e. The molecule has 2 aliphatic heterocycles. The van der Waals surface area contributed by atoms with Gasteiger partial charge in [0.1, 0.15) is 29.0 Å². The Hall–Kier alpha value is -3.61. The fraction of sp³-hybridized carbons (Fsp3) is 0.500. The molecule has 0 unspecified atom stereocenters. The number of hydrogen-bond acceptors (Lipinski definition) is 9. The number of halogens is 1. The number of methoxy groups -OCH3 is 1. The van der Waals surface area contributed by atoms with Crippen LogP contribution in [0.2, 0.25) is 5.02 Å². The predicted octanol–water partition coefficient (Wildman–Crippen LogP) is 4.84. The molecule has 3 heterocycles. The van der Waals surface area contributed by atoms with Gasteiger partial charge in [0.05, 0.1) is 42.7 Å². The van der Waals surface area contributed by atoms with Crippen LogP contribution in [0.4, 0.5) is 10.5 Å². The molecular weight excluding hydrogens is 618 g/mol. The number of carbonyl (C=O) groups excluding carboxylic acids is 2. The molecule has 45 heavy (non-hydrogen) atoms. The lowest BCUT2D eigenvalue weighted by Crippen LogP contribution is -2.49. The molecule has 11 nitrogen and oxygen atoms in total. The Morgan fingerprint density at radius 3 is 2.87 bits per heavy atom. The second kappa shape index (κ2) is 14.2. The van der Waals surface area contributed by atoms with Crippen LogP contribution in [0, 0.1) is 5.92 Å². The van der Waals surface area contributed by atoms with E-state index >= 15 is 0 Å². The number of fused-ring (bicyclic) bond motifs is 1. The van der Waals surface area contributed by atoms with Gasteiger partial charge < -0.3 is 39.8 Å². The summed E-state index contributed by atoms with van der Waals surface area (Å²) in [5, 5.41) is 10.3. The van der Waals surface area contributed by atoms with E-state index in [1.807, 2.05) is 26.8 Å². The molecule has 5 rings (SSSR count). The number of aromatic nitrogens is 1. The van der Waals surface area contributed by atoms with Crippen molar-refractivity contribution >= 4 is 46.5 Å². The van der Waals surface area contributed by atoms with Gasteiger partial charge in [0.15, 0.2) is 5.75 Å². The Morgan fingerprint density at radius 2 is 2.09 bits per heavy atom. The molecule has 242 valence electrons. The first kappa shape index (κ1) is 32.8. The van der Waals surface area contributed by atoms with Crippen molar-refractivity contribution in [1.82, 2.24) is 20.5 Å². The summed E-state index contributed by atoms with van der Waals surface area (Å²) in [6, 6.07) is 7.22. The van der Waals surface area contributed by atoms with Crippen LogP contribution < -0.4 is 25.4 Å². The highest BCUT2D eigenvalue weighted by molar-refractivity contribution is 7.81. The molecule has 1 saturated heterocycles. The van der Waals surface area contributed by atoms with Crippen LogP contribution in [0.25, 0.3) is 0 Å². The van der Waals surface area contributed by atoms with Crippen LogP contribution in [0.1, 0.15) is 45.6 Å². The van der Waals surface area contributed by atoms with E-state index < -0.39 is 5.60 Å². The molecule has 3 atom stereocenters. The van der Waals surface area contributed by atoms with Crippen molar-refractivity contribution in [2.24, 2.45) is 5.92 Å². The summed E-state index contributed by atoms with van der Waals surface area (Å²) in [4.78, 5) is 32.2. The number of anilines is 1. The monoisotopic (exact) mass is 657 g/mol. The van der Waals surface area contributed by atoms with Crippen molar-refractivity contribution in [3.05, 3.63) is 58.5 Å². The van der Waals surface area contributed by atoms with E-state index in [0.717, 1.165) is 30.5 Å². The third-order valence-corrected chi connectivity index (χ3v) is 8.50. The Bertz CT molecular complexity index is 1460. The number of hydrogen-bond donors (Lipinski definition) is 3. The Morgan fingerprint density at radius 1 is 1.27 bits per heavy atom. The number of nitrogens with one attached hydrogen (secondary N) is 3. The molecule has 2 aromatic rings. The fourth-order valence-electron chi connectivity index (χ4n) is 5.84. The molecule has 3 N–H and O–H groups in total. The zero-order chi connectivity index (χ0) is 32.1. The molecule has 0 spiro atoms. The van der Waals surface area contributed by atoms with E-state index in [4.69, 9.17) is 42.8 Å². The van der Waals surface area contributed by atoms with E-state index in [0.29, 0.717) is 54.0 Å². The highest BCUT2D eigenvalue weighted by atomic mass is 35.5. The van der Waals surface area contributed by atoms with Crippen molar-refractivity contribution in [1.29, 1.82) is 0 Å².